The molecule has 0 aromatic carbocycles. The van der Waals surface area contributed by atoms with Crippen LogP contribution in [0.25, 0.3) is 0 Å². The van der Waals surface area contributed by atoms with Gasteiger partial charge in [0.2, 0.25) is 0 Å². The van der Waals surface area contributed by atoms with E-state index in [9.17, 15) is 4.79 Å². The highest BCUT2D eigenvalue weighted by Crippen LogP contribution is 2.50. The molecule has 2 aromatic heterocycles. The Hall–Kier alpha value is -1.95. The van der Waals surface area contributed by atoms with E-state index in [1.807, 2.05) is 28.5 Å². The third-order valence-corrected chi connectivity index (χ3v) is 6.13. The third-order valence-electron chi connectivity index (χ3n) is 5.27. The highest BCUT2D eigenvalue weighted by molar-refractivity contribution is 7.12. The van der Waals surface area contributed by atoms with Crippen molar-refractivity contribution in [3.63, 3.8) is 0 Å². The van der Waals surface area contributed by atoms with Gasteiger partial charge in [0, 0.05) is 32.4 Å². The maximum absolute atomic E-state index is 12.5. The number of aromatic nitrogens is 2. The van der Waals surface area contributed by atoms with Gasteiger partial charge in [-0.25, -0.2) is 9.97 Å². The van der Waals surface area contributed by atoms with E-state index in [4.69, 9.17) is 0 Å². The minimum Gasteiger partial charge on any atom is -0.357 e. The molecular formula is C17H20N4OS. The number of hydrogen-bond donors (Lipinski definition) is 0. The van der Waals surface area contributed by atoms with Gasteiger partial charge in [-0.3, -0.25) is 4.79 Å². The summed E-state index contributed by atoms with van der Waals surface area (Å²) in [6.45, 7) is 1.79. The minimum atomic E-state index is 0.199. The average molecular weight is 328 g/mol. The fourth-order valence-corrected chi connectivity index (χ4v) is 4.58. The molecule has 3 heterocycles. The van der Waals surface area contributed by atoms with E-state index in [-0.39, 0.29) is 5.91 Å². The molecule has 6 heteroatoms. The molecule has 0 atom stereocenters. The summed E-state index contributed by atoms with van der Waals surface area (Å²) >= 11 is 1.53. The second-order valence-electron chi connectivity index (χ2n) is 6.69. The zero-order valence-corrected chi connectivity index (χ0v) is 14.0. The van der Waals surface area contributed by atoms with Gasteiger partial charge in [-0.2, -0.15) is 0 Å². The van der Waals surface area contributed by atoms with Crippen LogP contribution in [-0.4, -0.2) is 47.0 Å². The van der Waals surface area contributed by atoms with E-state index in [1.54, 1.807) is 12.5 Å². The van der Waals surface area contributed by atoms with Crippen LogP contribution in [-0.2, 0) is 0 Å². The summed E-state index contributed by atoms with van der Waals surface area (Å²) in [4.78, 5) is 25.9. The zero-order valence-electron chi connectivity index (χ0n) is 13.2. The molecular weight excluding hydrogens is 308 g/mol. The molecule has 0 bridgehead atoms. The van der Waals surface area contributed by atoms with Crippen molar-refractivity contribution in [1.29, 1.82) is 0 Å². The van der Waals surface area contributed by atoms with Gasteiger partial charge in [-0.15, -0.1) is 11.3 Å². The number of rotatable bonds is 3. The van der Waals surface area contributed by atoms with Crippen LogP contribution >= 0.6 is 11.3 Å². The predicted octanol–water partition coefficient (Wildman–Crippen LogP) is 2.67. The van der Waals surface area contributed by atoms with Gasteiger partial charge in [0.05, 0.1) is 4.88 Å². The molecule has 1 amide bonds. The van der Waals surface area contributed by atoms with Gasteiger partial charge in [0.25, 0.3) is 5.91 Å². The molecule has 2 aromatic rings. The van der Waals surface area contributed by atoms with E-state index in [0.29, 0.717) is 11.5 Å². The summed E-state index contributed by atoms with van der Waals surface area (Å²) in [6, 6.07) is 6.33. The predicted molar refractivity (Wildman–Crippen MR) is 90.7 cm³/mol. The highest BCUT2D eigenvalue weighted by Gasteiger charge is 2.50. The number of anilines is 1. The van der Waals surface area contributed by atoms with E-state index < -0.39 is 0 Å². The Labute approximate surface area is 140 Å². The van der Waals surface area contributed by atoms with Crippen LogP contribution in [0.2, 0.25) is 0 Å². The molecule has 2 fully saturated rings. The lowest BCUT2D eigenvalue weighted by Gasteiger charge is -2.49. The second kappa shape index (κ2) is 5.60. The Morgan fingerprint density at radius 3 is 3.00 bits per heavy atom. The minimum absolute atomic E-state index is 0.199. The van der Waals surface area contributed by atoms with Crippen LogP contribution in [0, 0.1) is 5.41 Å². The van der Waals surface area contributed by atoms with Crippen molar-refractivity contribution in [2.45, 2.75) is 25.3 Å². The van der Waals surface area contributed by atoms with Crippen LogP contribution in [0.1, 0.15) is 28.9 Å². The molecule has 5 nitrogen and oxygen atoms in total. The summed E-state index contributed by atoms with van der Waals surface area (Å²) in [5, 5.41) is 1.97. The van der Waals surface area contributed by atoms with E-state index in [1.165, 1.54) is 11.3 Å². The Morgan fingerprint density at radius 1 is 1.43 bits per heavy atom. The van der Waals surface area contributed by atoms with Gasteiger partial charge in [0.1, 0.15) is 12.1 Å². The van der Waals surface area contributed by atoms with Crippen molar-refractivity contribution in [2.75, 3.05) is 25.0 Å². The van der Waals surface area contributed by atoms with Crippen LogP contribution in [0.15, 0.2) is 36.1 Å². The number of thiophene rings is 1. The standard InChI is InChI=1S/C17H20N4OS/c1-20(15-4-6-18-12-19-15)13-9-17(10-13)5-7-21(11-17)16(22)14-3-2-8-23-14/h2-4,6,8,12-13H,5,7,9-11H2,1H3. The van der Waals surface area contributed by atoms with Crippen molar-refractivity contribution in [3.8, 4) is 0 Å². The molecule has 1 spiro atoms. The lowest BCUT2D eigenvalue weighted by molar-refractivity contribution is 0.0703. The Balaban J connectivity index is 1.37. The SMILES string of the molecule is CN(c1ccncn1)C1CC2(CCN(C(=O)c3cccs3)C2)C1. The second-order valence-corrected chi connectivity index (χ2v) is 7.64. The maximum atomic E-state index is 12.5. The molecule has 1 aliphatic heterocycles. The number of carbonyl (C=O) groups is 1. The van der Waals surface area contributed by atoms with Crippen molar-refractivity contribution >= 4 is 23.1 Å². The van der Waals surface area contributed by atoms with Gasteiger partial charge >= 0.3 is 0 Å². The zero-order chi connectivity index (χ0) is 15.9. The summed E-state index contributed by atoms with van der Waals surface area (Å²) in [7, 11) is 2.10. The number of nitrogens with zero attached hydrogens (tertiary/aromatic N) is 4. The lowest BCUT2D eigenvalue weighted by atomic mass is 9.64. The molecule has 1 saturated carbocycles. The van der Waals surface area contributed by atoms with E-state index >= 15 is 0 Å². The molecule has 120 valence electrons. The van der Waals surface area contributed by atoms with Crippen molar-refractivity contribution in [1.82, 2.24) is 14.9 Å². The van der Waals surface area contributed by atoms with Gasteiger partial charge in [-0.05, 0) is 42.2 Å². The first kappa shape index (κ1) is 14.6. The van der Waals surface area contributed by atoms with Crippen LogP contribution < -0.4 is 4.90 Å². The fraction of sp³-hybridized carbons (Fsp3) is 0.471. The summed E-state index contributed by atoms with van der Waals surface area (Å²) < 4.78 is 0. The average Bonchev–Trinajstić information content (AvgIpc) is 3.22. The molecule has 23 heavy (non-hydrogen) atoms. The largest absolute Gasteiger partial charge is 0.357 e. The number of carbonyl (C=O) groups excluding carboxylic acids is 1. The van der Waals surface area contributed by atoms with Crippen molar-refractivity contribution < 1.29 is 4.79 Å². The van der Waals surface area contributed by atoms with Crippen LogP contribution in [0.5, 0.6) is 0 Å². The molecule has 0 radical (unpaired) electrons. The number of likely N-dealkylation sites (tertiary alicyclic amines) is 1. The smallest absolute Gasteiger partial charge is 0.263 e. The molecule has 0 unspecified atom stereocenters. The Bertz CT molecular complexity index is 682. The van der Waals surface area contributed by atoms with E-state index in [2.05, 4.69) is 21.9 Å². The van der Waals surface area contributed by atoms with Gasteiger partial charge in [-0.1, -0.05) is 6.07 Å². The molecule has 4 rings (SSSR count). The van der Waals surface area contributed by atoms with Crippen molar-refractivity contribution in [2.24, 2.45) is 5.41 Å². The highest BCUT2D eigenvalue weighted by atomic mass is 32.1. The third kappa shape index (κ3) is 2.61. The maximum Gasteiger partial charge on any atom is 0.263 e. The summed E-state index contributed by atoms with van der Waals surface area (Å²) in [5.41, 5.74) is 0.318. The van der Waals surface area contributed by atoms with E-state index in [0.717, 1.165) is 43.0 Å². The first-order chi connectivity index (χ1) is 11.2. The normalized spacial score (nSPS) is 26.3. The topological polar surface area (TPSA) is 49.3 Å². The monoisotopic (exact) mass is 328 g/mol. The first-order valence-electron chi connectivity index (χ1n) is 7.99. The molecule has 1 aliphatic carbocycles. The number of amides is 1. The quantitative estimate of drug-likeness (QED) is 0.869. The fourth-order valence-electron chi connectivity index (χ4n) is 3.89. The molecule has 0 N–H and O–H groups in total. The van der Waals surface area contributed by atoms with Crippen LogP contribution in [0.3, 0.4) is 0 Å². The number of hydrogen-bond acceptors (Lipinski definition) is 5. The molecule has 1 saturated heterocycles. The molecule has 2 aliphatic rings. The first-order valence-corrected chi connectivity index (χ1v) is 8.86. The Kier molecular flexibility index (Phi) is 3.56. The van der Waals surface area contributed by atoms with Crippen molar-refractivity contribution in [3.05, 3.63) is 41.0 Å². The summed E-state index contributed by atoms with van der Waals surface area (Å²) in [5.74, 6) is 1.17. The Morgan fingerprint density at radius 2 is 2.30 bits per heavy atom. The summed E-state index contributed by atoms with van der Waals surface area (Å²) in [6.07, 6.45) is 6.78. The van der Waals surface area contributed by atoms with Gasteiger partial charge in [0.15, 0.2) is 0 Å². The van der Waals surface area contributed by atoms with Crippen LogP contribution in [0.4, 0.5) is 5.82 Å². The van der Waals surface area contributed by atoms with Gasteiger partial charge < -0.3 is 9.80 Å². The lowest BCUT2D eigenvalue weighted by Crippen LogP contribution is -2.51.